The predicted molar refractivity (Wildman–Crippen MR) is 44.2 cm³/mol. The smallest absolute Gasteiger partial charge is 0.312 e. The van der Waals surface area contributed by atoms with Crippen molar-refractivity contribution >= 4 is 0 Å². The van der Waals surface area contributed by atoms with Crippen LogP contribution in [0.15, 0.2) is 12.1 Å². The van der Waals surface area contributed by atoms with E-state index in [9.17, 15) is 18.3 Å². The average Bonchev–Trinajstić information content (AvgIpc) is 2.22. The van der Waals surface area contributed by atoms with E-state index in [1.165, 1.54) is 0 Å². The highest BCUT2D eigenvalue weighted by molar-refractivity contribution is 5.23. The molecule has 0 saturated heterocycles. The van der Waals surface area contributed by atoms with E-state index in [0.29, 0.717) is 12.1 Å². The second kappa shape index (κ2) is 4.18. The molecule has 1 N–H and O–H groups in total. The van der Waals surface area contributed by atoms with Crippen LogP contribution in [0.2, 0.25) is 0 Å². The van der Waals surface area contributed by atoms with Crippen LogP contribution < -0.4 is 0 Å². The van der Waals surface area contributed by atoms with Crippen molar-refractivity contribution in [3.63, 3.8) is 0 Å². The summed E-state index contributed by atoms with van der Waals surface area (Å²) in [7, 11) is 2.01. The zero-order chi connectivity index (χ0) is 11.6. The van der Waals surface area contributed by atoms with E-state index in [1.54, 1.807) is 0 Å². The molecule has 3 nitrogen and oxygen atoms in total. The molecule has 0 radical (unpaired) electrons. The van der Waals surface area contributed by atoms with Gasteiger partial charge in [0.15, 0.2) is 11.6 Å². The highest BCUT2D eigenvalue weighted by atomic mass is 19.2. The van der Waals surface area contributed by atoms with Crippen molar-refractivity contribution in [3.8, 4) is 0 Å². The molecule has 0 aliphatic rings. The molecule has 0 heterocycles. The Bertz CT molecular complexity index is 364. The number of hydrogen-bond donors (Lipinski definition) is 1. The van der Waals surface area contributed by atoms with Gasteiger partial charge >= 0.3 is 5.97 Å². The van der Waals surface area contributed by atoms with Gasteiger partial charge in [-0.05, 0) is 6.07 Å². The van der Waals surface area contributed by atoms with Gasteiger partial charge in [-0.15, -0.1) is 0 Å². The normalized spacial score (nSPS) is 11.9. The summed E-state index contributed by atoms with van der Waals surface area (Å²) in [4.78, 5) is 0. The molecule has 0 amide bonds. The van der Waals surface area contributed by atoms with Crippen LogP contribution in [0.3, 0.4) is 0 Å². The molecule has 0 fully saturated rings. The van der Waals surface area contributed by atoms with E-state index < -0.39 is 29.0 Å². The molecule has 1 aromatic rings. The summed E-state index contributed by atoms with van der Waals surface area (Å²) in [5.41, 5.74) is -0.759. The Balaban J connectivity index is 3.35. The van der Waals surface area contributed by atoms with Crippen LogP contribution in [0.5, 0.6) is 0 Å². The maximum absolute atomic E-state index is 13.2. The lowest BCUT2D eigenvalue weighted by molar-refractivity contribution is -0.353. The summed E-state index contributed by atoms with van der Waals surface area (Å²) in [6.07, 6.45) is 0. The van der Waals surface area contributed by atoms with Gasteiger partial charge in [-0.2, -0.15) is 0 Å². The number of hydrogen-bond acceptors (Lipinski definition) is 3. The molecular formula is C9H9F3O3. The van der Waals surface area contributed by atoms with Crippen LogP contribution in [0, 0.1) is 17.5 Å². The van der Waals surface area contributed by atoms with Gasteiger partial charge in [0, 0.05) is 20.3 Å². The summed E-state index contributed by atoms with van der Waals surface area (Å²) in [5.74, 6) is -6.41. The van der Waals surface area contributed by atoms with Crippen LogP contribution >= 0.6 is 0 Å². The molecule has 0 bridgehead atoms. The monoisotopic (exact) mass is 222 g/mol. The molecule has 0 saturated carbocycles. The Hall–Kier alpha value is -1.11. The lowest BCUT2D eigenvalue weighted by atomic mass is 10.1. The standard InChI is InChI=1S/C9H9F3O3/c1-14-9(13,15-2)6-3-5(10)4-7(11)8(6)12/h3-4,13H,1-2H3. The van der Waals surface area contributed by atoms with Gasteiger partial charge in [-0.3, -0.25) is 0 Å². The van der Waals surface area contributed by atoms with Crippen molar-refractivity contribution in [3.05, 3.63) is 35.1 Å². The molecule has 15 heavy (non-hydrogen) atoms. The van der Waals surface area contributed by atoms with Crippen LogP contribution in [-0.2, 0) is 15.4 Å². The third-order valence-electron chi connectivity index (χ3n) is 1.89. The highest BCUT2D eigenvalue weighted by Crippen LogP contribution is 2.27. The Morgan fingerprint density at radius 1 is 1.13 bits per heavy atom. The van der Waals surface area contributed by atoms with Crippen LogP contribution in [-0.4, -0.2) is 19.3 Å². The fourth-order valence-electron chi connectivity index (χ4n) is 1.09. The van der Waals surface area contributed by atoms with Crippen molar-refractivity contribution < 1.29 is 27.8 Å². The van der Waals surface area contributed by atoms with Gasteiger partial charge in [0.2, 0.25) is 0 Å². The third kappa shape index (κ3) is 2.11. The Labute approximate surface area is 84.0 Å². The average molecular weight is 222 g/mol. The number of rotatable bonds is 3. The summed E-state index contributed by atoms with van der Waals surface area (Å²) in [6, 6.07) is 0.940. The number of halogens is 3. The highest BCUT2D eigenvalue weighted by Gasteiger charge is 2.34. The van der Waals surface area contributed by atoms with Gasteiger partial charge in [0.05, 0.1) is 5.56 Å². The SMILES string of the molecule is COC(O)(OC)c1cc(F)cc(F)c1F. The van der Waals surface area contributed by atoms with Crippen molar-refractivity contribution in [2.75, 3.05) is 14.2 Å². The minimum Gasteiger partial charge on any atom is -0.339 e. The molecule has 1 aromatic carbocycles. The Kier molecular flexibility index (Phi) is 3.33. The molecule has 0 unspecified atom stereocenters. The molecule has 0 spiro atoms. The van der Waals surface area contributed by atoms with Gasteiger partial charge in [-0.1, -0.05) is 0 Å². The summed E-state index contributed by atoms with van der Waals surface area (Å²) in [6.45, 7) is 0. The molecule has 84 valence electrons. The first-order chi connectivity index (χ1) is 6.94. The van der Waals surface area contributed by atoms with Crippen LogP contribution in [0.4, 0.5) is 13.2 Å². The Morgan fingerprint density at radius 3 is 2.13 bits per heavy atom. The molecule has 0 aliphatic heterocycles. The number of benzene rings is 1. The van der Waals surface area contributed by atoms with E-state index in [0.717, 1.165) is 14.2 Å². The molecule has 6 heteroatoms. The van der Waals surface area contributed by atoms with E-state index >= 15 is 0 Å². The second-order valence-electron chi connectivity index (χ2n) is 2.74. The zero-order valence-corrected chi connectivity index (χ0v) is 8.05. The minimum atomic E-state index is -2.51. The van der Waals surface area contributed by atoms with E-state index in [1.807, 2.05) is 0 Å². The first-order valence-electron chi connectivity index (χ1n) is 3.92. The zero-order valence-electron chi connectivity index (χ0n) is 8.05. The summed E-state index contributed by atoms with van der Waals surface area (Å²) >= 11 is 0. The molecule has 0 aromatic heterocycles. The van der Waals surface area contributed by atoms with Gasteiger partial charge in [0.25, 0.3) is 0 Å². The van der Waals surface area contributed by atoms with Gasteiger partial charge in [-0.25, -0.2) is 13.2 Å². The van der Waals surface area contributed by atoms with E-state index in [-0.39, 0.29) is 0 Å². The van der Waals surface area contributed by atoms with Crippen molar-refractivity contribution in [1.29, 1.82) is 0 Å². The van der Waals surface area contributed by atoms with E-state index in [4.69, 9.17) is 0 Å². The first kappa shape index (κ1) is 12.0. The quantitative estimate of drug-likeness (QED) is 0.622. The fourth-order valence-corrected chi connectivity index (χ4v) is 1.09. The van der Waals surface area contributed by atoms with Gasteiger partial charge < -0.3 is 14.6 Å². The Morgan fingerprint density at radius 2 is 1.67 bits per heavy atom. The third-order valence-corrected chi connectivity index (χ3v) is 1.89. The summed E-state index contributed by atoms with van der Waals surface area (Å²) in [5, 5.41) is 9.51. The lowest BCUT2D eigenvalue weighted by Gasteiger charge is -2.24. The van der Waals surface area contributed by atoms with Crippen molar-refractivity contribution in [2.45, 2.75) is 5.97 Å². The molecule has 0 atom stereocenters. The van der Waals surface area contributed by atoms with Crippen LogP contribution in [0.1, 0.15) is 5.56 Å². The largest absolute Gasteiger partial charge is 0.339 e. The number of aliphatic hydroxyl groups is 1. The van der Waals surface area contributed by atoms with Gasteiger partial charge in [0.1, 0.15) is 5.82 Å². The van der Waals surface area contributed by atoms with Crippen molar-refractivity contribution in [2.24, 2.45) is 0 Å². The lowest BCUT2D eigenvalue weighted by Crippen LogP contribution is -2.31. The van der Waals surface area contributed by atoms with E-state index in [2.05, 4.69) is 9.47 Å². The predicted octanol–water partition coefficient (Wildman–Crippen LogP) is 1.50. The summed E-state index contributed by atoms with van der Waals surface area (Å²) < 4.78 is 47.6. The van der Waals surface area contributed by atoms with Crippen LogP contribution in [0.25, 0.3) is 0 Å². The number of methoxy groups -OCH3 is 2. The van der Waals surface area contributed by atoms with Crippen molar-refractivity contribution in [1.82, 2.24) is 0 Å². The maximum Gasteiger partial charge on any atom is 0.312 e. The molecular weight excluding hydrogens is 213 g/mol. The maximum atomic E-state index is 13.2. The second-order valence-corrected chi connectivity index (χ2v) is 2.74. The number of ether oxygens (including phenoxy) is 2. The molecule has 0 aliphatic carbocycles. The first-order valence-corrected chi connectivity index (χ1v) is 3.92. The minimum absolute atomic E-state index is 0.352. The fraction of sp³-hybridized carbons (Fsp3) is 0.333. The topological polar surface area (TPSA) is 38.7 Å². The molecule has 1 rings (SSSR count).